The van der Waals surface area contributed by atoms with Gasteiger partial charge in [0.1, 0.15) is 5.52 Å². The van der Waals surface area contributed by atoms with Crippen LogP contribution in [0, 0.1) is 0 Å². The number of imidazole rings is 1. The van der Waals surface area contributed by atoms with E-state index in [-0.39, 0.29) is 11.9 Å². The zero-order valence-electron chi connectivity index (χ0n) is 21.8. The van der Waals surface area contributed by atoms with Crippen LogP contribution in [0.4, 0.5) is 5.69 Å². The molecule has 1 fully saturated rings. The molecule has 0 spiro atoms. The van der Waals surface area contributed by atoms with Crippen molar-refractivity contribution in [2.24, 2.45) is 0 Å². The summed E-state index contributed by atoms with van der Waals surface area (Å²) in [7, 11) is -3.00. The number of nitrogens with zero attached hydrogens (tertiary/aromatic N) is 3. The number of carbonyl (C=O) groups is 1. The van der Waals surface area contributed by atoms with Crippen LogP contribution < -0.4 is 14.9 Å². The quantitative estimate of drug-likeness (QED) is 0.269. The van der Waals surface area contributed by atoms with E-state index in [1.165, 1.54) is 0 Å². The van der Waals surface area contributed by atoms with Crippen molar-refractivity contribution in [2.45, 2.75) is 64.8 Å². The minimum absolute atomic E-state index is 0.200. The Morgan fingerprint density at radius 1 is 1.16 bits per heavy atom. The van der Waals surface area contributed by atoms with Crippen LogP contribution in [0.5, 0.6) is 0 Å². The lowest BCUT2D eigenvalue weighted by molar-refractivity contribution is 0.0827. The fourth-order valence-corrected chi connectivity index (χ4v) is 6.39. The Kier molecular flexibility index (Phi) is 8.76. The van der Waals surface area contributed by atoms with Crippen molar-refractivity contribution in [1.29, 1.82) is 0 Å². The Balaban J connectivity index is 1.68. The molecule has 202 valence electrons. The minimum atomic E-state index is -3.00. The van der Waals surface area contributed by atoms with Gasteiger partial charge in [-0.25, -0.2) is 4.98 Å². The van der Waals surface area contributed by atoms with E-state index in [1.807, 2.05) is 55.7 Å². The Bertz CT molecular complexity index is 1200. The van der Waals surface area contributed by atoms with Gasteiger partial charge in [-0.05, 0) is 43.9 Å². The van der Waals surface area contributed by atoms with E-state index in [0.717, 1.165) is 23.9 Å². The largest absolute Gasteiger partial charge is 0.390 e. The van der Waals surface area contributed by atoms with Gasteiger partial charge >= 0.3 is 0 Å². The molecule has 1 aliphatic heterocycles. The summed E-state index contributed by atoms with van der Waals surface area (Å²) in [4.78, 5) is 18.2. The number of anilines is 1. The van der Waals surface area contributed by atoms with Crippen molar-refractivity contribution < 1.29 is 19.0 Å². The van der Waals surface area contributed by atoms with Crippen LogP contribution in [-0.4, -0.2) is 66.7 Å². The van der Waals surface area contributed by atoms with Gasteiger partial charge in [0, 0.05) is 31.2 Å². The molecule has 5 N–H and O–H groups in total. The molecular weight excluding hydrogens is 490 g/mol. The fourth-order valence-electron chi connectivity index (χ4n) is 4.71. The number of fused-ring (bicyclic) bond motifs is 1. The summed E-state index contributed by atoms with van der Waals surface area (Å²) in [6.07, 6.45) is 2.96. The zero-order chi connectivity index (χ0) is 26.6. The van der Waals surface area contributed by atoms with Gasteiger partial charge in [0.25, 0.3) is 5.91 Å². The number of nitrogens with one attached hydrogen (secondary N) is 2. The average molecular weight is 530 g/mol. The molecule has 2 heterocycles. The molecule has 0 saturated carbocycles. The third kappa shape index (κ3) is 6.45. The van der Waals surface area contributed by atoms with Crippen LogP contribution in [0.25, 0.3) is 11.0 Å². The monoisotopic (exact) mass is 529 g/mol. The lowest BCUT2D eigenvalue weighted by Crippen LogP contribution is -2.49. The third-order valence-electron chi connectivity index (χ3n) is 6.77. The predicted octanol–water partition coefficient (Wildman–Crippen LogP) is 4.02. The molecule has 1 amide bonds. The summed E-state index contributed by atoms with van der Waals surface area (Å²) in [5.74, 6) is -0.0295. The number of hydrogen-bond donors (Lipinski definition) is 5. The van der Waals surface area contributed by atoms with E-state index in [1.54, 1.807) is 22.8 Å². The number of hydrogen-bond acceptors (Lipinski definition) is 7. The molecule has 3 aromatic rings. The summed E-state index contributed by atoms with van der Waals surface area (Å²) < 4.78 is 25.2. The lowest BCUT2D eigenvalue weighted by Gasteiger charge is -2.47. The molecule has 4 rings (SSSR count). The predicted molar refractivity (Wildman–Crippen MR) is 150 cm³/mol. The van der Waals surface area contributed by atoms with Gasteiger partial charge in [0.05, 0.1) is 35.4 Å². The summed E-state index contributed by atoms with van der Waals surface area (Å²) in [5.41, 5.74) is 3.35. The summed E-state index contributed by atoms with van der Waals surface area (Å²) >= 11 is 0. The first kappa shape index (κ1) is 27.4. The average Bonchev–Trinajstić information content (AvgIpc) is 3.30. The van der Waals surface area contributed by atoms with Gasteiger partial charge in [-0.2, -0.15) is 0 Å². The van der Waals surface area contributed by atoms with Crippen molar-refractivity contribution in [3.8, 4) is 0 Å². The number of aliphatic hydroxyl groups is 1. The van der Waals surface area contributed by atoms with E-state index in [0.29, 0.717) is 48.6 Å². The molecule has 10 heteroatoms. The van der Waals surface area contributed by atoms with E-state index < -0.39 is 22.9 Å². The first-order valence-electron chi connectivity index (χ1n) is 13.0. The normalized spacial score (nSPS) is 18.1. The summed E-state index contributed by atoms with van der Waals surface area (Å²) in [6, 6.07) is 12.9. The van der Waals surface area contributed by atoms with Crippen LogP contribution in [0.2, 0.25) is 0 Å². The molecule has 0 radical (unpaired) electrons. The van der Waals surface area contributed by atoms with Gasteiger partial charge in [0.2, 0.25) is 0 Å². The van der Waals surface area contributed by atoms with Gasteiger partial charge in [-0.3, -0.25) is 18.2 Å². The Morgan fingerprint density at radius 3 is 2.59 bits per heavy atom. The maximum Gasteiger partial charge on any atom is 0.251 e. The second kappa shape index (κ2) is 11.8. The Hall–Kier alpha value is -2.63. The smallest absolute Gasteiger partial charge is 0.251 e. The second-order valence-corrected chi connectivity index (χ2v) is 12.1. The number of benzene rings is 2. The van der Waals surface area contributed by atoms with E-state index in [9.17, 15) is 19.0 Å². The molecule has 37 heavy (non-hydrogen) atoms. The van der Waals surface area contributed by atoms with Crippen molar-refractivity contribution in [3.63, 3.8) is 0 Å². The third-order valence-corrected chi connectivity index (χ3v) is 8.70. The molecule has 1 aliphatic rings. The summed E-state index contributed by atoms with van der Waals surface area (Å²) in [6.45, 7) is 7.50. The van der Waals surface area contributed by atoms with Crippen molar-refractivity contribution in [2.75, 3.05) is 23.1 Å². The first-order chi connectivity index (χ1) is 17.7. The second-order valence-electron chi connectivity index (χ2n) is 9.94. The SMILES string of the molecule is CCn1cnc2c(N3CCCCS3(O)O)cc(C(=O)N[C@@H](Cc3ccccc3)[C@H](O)CNC(C)C)cc21. The van der Waals surface area contributed by atoms with E-state index >= 15 is 0 Å². The Labute approximate surface area is 220 Å². The molecule has 2 aromatic carbocycles. The fraction of sp³-hybridized carbons (Fsp3) is 0.481. The van der Waals surface area contributed by atoms with Crippen molar-refractivity contribution in [3.05, 3.63) is 59.9 Å². The highest BCUT2D eigenvalue weighted by atomic mass is 32.3. The molecule has 2 atom stereocenters. The molecule has 9 nitrogen and oxygen atoms in total. The van der Waals surface area contributed by atoms with E-state index in [4.69, 9.17) is 0 Å². The van der Waals surface area contributed by atoms with Gasteiger partial charge in [-0.15, -0.1) is 10.8 Å². The number of rotatable bonds is 10. The summed E-state index contributed by atoms with van der Waals surface area (Å²) in [5, 5.41) is 17.3. The number of amides is 1. The van der Waals surface area contributed by atoms with Crippen LogP contribution >= 0.6 is 10.8 Å². The standard InChI is InChI=1S/C27H39N5O4S/c1-4-31-18-29-26-23(31)15-21(16-24(26)32-12-8-9-13-37(32,35)36)27(34)30-22(25(33)17-28-19(2)3)14-20-10-6-5-7-11-20/h5-7,10-11,15-16,18-19,22,25,28,33,35-36H,4,8-9,12-14,17H2,1-3H3,(H,30,34)/t22-,25+/m0/s1. The highest BCUT2D eigenvalue weighted by Gasteiger charge is 2.30. The van der Waals surface area contributed by atoms with Crippen LogP contribution in [0.1, 0.15) is 49.5 Å². The Morgan fingerprint density at radius 2 is 1.92 bits per heavy atom. The molecule has 0 bridgehead atoms. The van der Waals surface area contributed by atoms with Crippen molar-refractivity contribution >= 4 is 33.4 Å². The van der Waals surface area contributed by atoms with E-state index in [2.05, 4.69) is 15.6 Å². The number of carbonyl (C=O) groups excluding carboxylic acids is 1. The lowest BCUT2D eigenvalue weighted by atomic mass is 10.00. The van der Waals surface area contributed by atoms with Crippen molar-refractivity contribution in [1.82, 2.24) is 20.2 Å². The molecule has 1 saturated heterocycles. The van der Waals surface area contributed by atoms with Gasteiger partial charge in [0.15, 0.2) is 0 Å². The van der Waals surface area contributed by atoms with Crippen LogP contribution in [-0.2, 0) is 13.0 Å². The number of aromatic nitrogens is 2. The highest BCUT2D eigenvalue weighted by Crippen LogP contribution is 2.51. The zero-order valence-corrected chi connectivity index (χ0v) is 22.6. The van der Waals surface area contributed by atoms with Gasteiger partial charge < -0.3 is 20.3 Å². The highest BCUT2D eigenvalue weighted by molar-refractivity contribution is 8.25. The van der Waals surface area contributed by atoms with Crippen LogP contribution in [0.15, 0.2) is 48.8 Å². The first-order valence-corrected chi connectivity index (χ1v) is 14.7. The molecular formula is C27H39N5O4S. The molecule has 0 aliphatic carbocycles. The molecule has 0 unspecified atom stereocenters. The maximum absolute atomic E-state index is 13.6. The number of aryl methyl sites for hydroxylation is 1. The number of aliphatic hydroxyl groups excluding tert-OH is 1. The molecule has 1 aromatic heterocycles. The topological polar surface area (TPSA) is 123 Å². The van der Waals surface area contributed by atoms with Crippen LogP contribution in [0.3, 0.4) is 0 Å². The maximum atomic E-state index is 13.6. The minimum Gasteiger partial charge on any atom is -0.390 e. The van der Waals surface area contributed by atoms with Gasteiger partial charge in [-0.1, -0.05) is 44.2 Å².